The number of rotatable bonds is 7. The fraction of sp³-hybridized carbons (Fsp3) is 0.500. The molecule has 0 bridgehead atoms. The quantitative estimate of drug-likeness (QED) is 0.840. The van der Waals surface area contributed by atoms with Crippen LogP contribution in [0.4, 0.5) is 4.79 Å². The minimum absolute atomic E-state index is 0.00542. The van der Waals surface area contributed by atoms with Gasteiger partial charge in [-0.05, 0) is 25.8 Å². The van der Waals surface area contributed by atoms with E-state index >= 15 is 0 Å². The van der Waals surface area contributed by atoms with E-state index in [0.717, 1.165) is 12.0 Å². The van der Waals surface area contributed by atoms with Crippen LogP contribution >= 0.6 is 0 Å². The Morgan fingerprint density at radius 1 is 1.19 bits per heavy atom. The van der Waals surface area contributed by atoms with Gasteiger partial charge >= 0.3 is 12.0 Å². The summed E-state index contributed by atoms with van der Waals surface area (Å²) in [5.74, 6) is -0.986. The number of amides is 2. The summed E-state index contributed by atoms with van der Waals surface area (Å²) in [6.07, 6.45) is 0.732. The third kappa shape index (κ3) is 5.45. The monoisotopic (exact) mass is 292 g/mol. The van der Waals surface area contributed by atoms with E-state index in [9.17, 15) is 9.59 Å². The first-order chi connectivity index (χ1) is 9.95. The largest absolute Gasteiger partial charge is 0.480 e. The molecule has 1 N–H and O–H groups in total. The molecule has 21 heavy (non-hydrogen) atoms. The van der Waals surface area contributed by atoms with E-state index in [2.05, 4.69) is 0 Å². The second-order valence-corrected chi connectivity index (χ2v) is 5.31. The lowest BCUT2D eigenvalue weighted by Gasteiger charge is -2.32. The van der Waals surface area contributed by atoms with Gasteiger partial charge in [0.2, 0.25) is 0 Å². The topological polar surface area (TPSA) is 60.9 Å². The van der Waals surface area contributed by atoms with Crippen LogP contribution in [0.2, 0.25) is 0 Å². The smallest absolute Gasteiger partial charge is 0.323 e. The van der Waals surface area contributed by atoms with Gasteiger partial charge in [-0.3, -0.25) is 4.79 Å². The molecule has 0 spiro atoms. The maximum absolute atomic E-state index is 12.6. The van der Waals surface area contributed by atoms with E-state index in [1.54, 1.807) is 4.90 Å². The molecule has 0 saturated heterocycles. The zero-order valence-corrected chi connectivity index (χ0v) is 13.0. The van der Waals surface area contributed by atoms with Crippen molar-refractivity contribution in [1.29, 1.82) is 0 Å². The molecule has 0 fully saturated rings. The fourth-order valence-electron chi connectivity index (χ4n) is 2.11. The SMILES string of the molecule is CCCN(CC(=O)O)C(=O)N(Cc1ccccc1)C(C)C. The normalized spacial score (nSPS) is 10.5. The zero-order chi connectivity index (χ0) is 15.8. The second-order valence-electron chi connectivity index (χ2n) is 5.31. The summed E-state index contributed by atoms with van der Waals surface area (Å²) in [7, 11) is 0. The number of carbonyl (C=O) groups is 2. The number of hydrogen-bond acceptors (Lipinski definition) is 2. The molecule has 2 amide bonds. The number of urea groups is 1. The van der Waals surface area contributed by atoms with Crippen LogP contribution in [0.15, 0.2) is 30.3 Å². The van der Waals surface area contributed by atoms with Crippen LogP contribution in [0, 0.1) is 0 Å². The van der Waals surface area contributed by atoms with Crippen molar-refractivity contribution in [3.8, 4) is 0 Å². The van der Waals surface area contributed by atoms with E-state index in [-0.39, 0.29) is 18.6 Å². The van der Waals surface area contributed by atoms with Gasteiger partial charge in [0.05, 0.1) is 0 Å². The molecule has 1 aromatic rings. The summed E-state index contributed by atoms with van der Waals surface area (Å²) in [6.45, 7) is 6.47. The summed E-state index contributed by atoms with van der Waals surface area (Å²) in [5, 5.41) is 8.96. The highest BCUT2D eigenvalue weighted by Gasteiger charge is 2.24. The minimum Gasteiger partial charge on any atom is -0.480 e. The molecule has 0 aliphatic heterocycles. The van der Waals surface area contributed by atoms with E-state index in [1.165, 1.54) is 4.90 Å². The highest BCUT2D eigenvalue weighted by molar-refractivity contribution is 5.80. The lowest BCUT2D eigenvalue weighted by molar-refractivity contribution is -0.137. The number of benzene rings is 1. The van der Waals surface area contributed by atoms with Crippen molar-refractivity contribution in [1.82, 2.24) is 9.80 Å². The summed E-state index contributed by atoms with van der Waals surface area (Å²) < 4.78 is 0. The highest BCUT2D eigenvalue weighted by atomic mass is 16.4. The highest BCUT2D eigenvalue weighted by Crippen LogP contribution is 2.12. The second kappa shape index (κ2) is 8.29. The van der Waals surface area contributed by atoms with Gasteiger partial charge in [0.25, 0.3) is 0 Å². The molecule has 1 aromatic carbocycles. The van der Waals surface area contributed by atoms with Gasteiger partial charge in [-0.25, -0.2) is 4.79 Å². The van der Waals surface area contributed by atoms with Crippen molar-refractivity contribution in [2.75, 3.05) is 13.1 Å². The van der Waals surface area contributed by atoms with Gasteiger partial charge < -0.3 is 14.9 Å². The molecule has 0 aliphatic rings. The van der Waals surface area contributed by atoms with E-state index < -0.39 is 5.97 Å². The Hall–Kier alpha value is -2.04. The summed E-state index contributed by atoms with van der Waals surface area (Å²) in [5.41, 5.74) is 1.03. The molecular formula is C16H24N2O3. The van der Waals surface area contributed by atoms with Gasteiger partial charge in [-0.2, -0.15) is 0 Å². The van der Waals surface area contributed by atoms with Crippen LogP contribution in [-0.4, -0.2) is 46.0 Å². The van der Waals surface area contributed by atoms with Crippen LogP contribution in [0.25, 0.3) is 0 Å². The Kier molecular flexibility index (Phi) is 6.72. The average molecular weight is 292 g/mol. The van der Waals surface area contributed by atoms with Crippen LogP contribution < -0.4 is 0 Å². The Morgan fingerprint density at radius 2 is 1.81 bits per heavy atom. The summed E-state index contributed by atoms with van der Waals surface area (Å²) >= 11 is 0. The predicted octanol–water partition coefficient (Wildman–Crippen LogP) is 2.81. The Balaban J connectivity index is 2.86. The number of nitrogens with zero attached hydrogens (tertiary/aromatic N) is 2. The molecule has 0 heterocycles. The predicted molar refractivity (Wildman–Crippen MR) is 82.0 cm³/mol. The summed E-state index contributed by atoms with van der Waals surface area (Å²) in [4.78, 5) is 26.6. The number of carboxylic acids is 1. The van der Waals surface area contributed by atoms with Gasteiger partial charge in [-0.15, -0.1) is 0 Å². The van der Waals surface area contributed by atoms with Crippen molar-refractivity contribution in [2.24, 2.45) is 0 Å². The number of aliphatic carboxylic acids is 1. The molecule has 0 atom stereocenters. The first-order valence-electron chi connectivity index (χ1n) is 7.27. The fourth-order valence-corrected chi connectivity index (χ4v) is 2.11. The van der Waals surface area contributed by atoms with Gasteiger partial charge in [0.15, 0.2) is 0 Å². The number of hydrogen-bond donors (Lipinski definition) is 1. The molecule has 0 aromatic heterocycles. The lowest BCUT2D eigenvalue weighted by Crippen LogP contribution is -2.48. The van der Waals surface area contributed by atoms with Crippen molar-refractivity contribution in [2.45, 2.75) is 39.8 Å². The van der Waals surface area contributed by atoms with Gasteiger partial charge in [0.1, 0.15) is 6.54 Å². The summed E-state index contributed by atoms with van der Waals surface area (Å²) in [6, 6.07) is 9.50. The molecule has 1 rings (SSSR count). The third-order valence-corrected chi connectivity index (χ3v) is 3.15. The molecular weight excluding hydrogens is 268 g/mol. The molecule has 116 valence electrons. The Labute approximate surface area is 126 Å². The average Bonchev–Trinajstić information content (AvgIpc) is 2.44. The third-order valence-electron chi connectivity index (χ3n) is 3.15. The number of carboxylic acid groups (broad SMARTS) is 1. The van der Waals surface area contributed by atoms with Crippen molar-refractivity contribution in [3.05, 3.63) is 35.9 Å². The van der Waals surface area contributed by atoms with E-state index in [0.29, 0.717) is 13.1 Å². The zero-order valence-electron chi connectivity index (χ0n) is 13.0. The van der Waals surface area contributed by atoms with Crippen LogP contribution in [0.1, 0.15) is 32.8 Å². The first kappa shape index (κ1) is 17.0. The Morgan fingerprint density at radius 3 is 2.29 bits per heavy atom. The molecule has 0 radical (unpaired) electrons. The molecule has 0 saturated carbocycles. The maximum atomic E-state index is 12.6. The van der Waals surface area contributed by atoms with E-state index in [1.807, 2.05) is 51.1 Å². The Bertz CT molecular complexity index is 460. The van der Waals surface area contributed by atoms with Crippen LogP contribution in [-0.2, 0) is 11.3 Å². The van der Waals surface area contributed by atoms with Crippen molar-refractivity contribution >= 4 is 12.0 Å². The lowest BCUT2D eigenvalue weighted by atomic mass is 10.2. The molecule has 0 unspecified atom stereocenters. The molecule has 0 aliphatic carbocycles. The number of carbonyl (C=O) groups excluding carboxylic acids is 1. The maximum Gasteiger partial charge on any atom is 0.323 e. The van der Waals surface area contributed by atoms with E-state index in [4.69, 9.17) is 5.11 Å². The van der Waals surface area contributed by atoms with Gasteiger partial charge in [-0.1, -0.05) is 37.3 Å². The van der Waals surface area contributed by atoms with Crippen molar-refractivity contribution < 1.29 is 14.7 Å². The molecule has 5 heteroatoms. The standard InChI is InChI=1S/C16H24N2O3/c1-4-10-17(12-15(19)20)16(21)18(13(2)3)11-14-8-6-5-7-9-14/h5-9,13H,4,10-12H2,1-3H3,(H,19,20). The van der Waals surface area contributed by atoms with Crippen molar-refractivity contribution in [3.63, 3.8) is 0 Å². The van der Waals surface area contributed by atoms with Crippen LogP contribution in [0.3, 0.4) is 0 Å². The molecule has 5 nitrogen and oxygen atoms in total. The van der Waals surface area contributed by atoms with Crippen LogP contribution in [0.5, 0.6) is 0 Å². The first-order valence-corrected chi connectivity index (χ1v) is 7.27. The van der Waals surface area contributed by atoms with Gasteiger partial charge in [0, 0.05) is 19.1 Å². The minimum atomic E-state index is -0.986.